The van der Waals surface area contributed by atoms with Crippen LogP contribution in [0.3, 0.4) is 0 Å². The lowest BCUT2D eigenvalue weighted by Crippen LogP contribution is -2.38. The van der Waals surface area contributed by atoms with Crippen molar-refractivity contribution in [3.8, 4) is 6.07 Å². The van der Waals surface area contributed by atoms with Crippen LogP contribution in [0.5, 0.6) is 0 Å². The van der Waals surface area contributed by atoms with Gasteiger partial charge in [-0.3, -0.25) is 4.79 Å². The zero-order valence-electron chi connectivity index (χ0n) is 12.7. The Bertz CT molecular complexity index is 322. The minimum atomic E-state index is 0.148. The van der Waals surface area contributed by atoms with Crippen molar-refractivity contribution < 1.29 is 9.53 Å². The van der Waals surface area contributed by atoms with Gasteiger partial charge in [0.05, 0.1) is 19.1 Å². The summed E-state index contributed by atoms with van der Waals surface area (Å²) in [5, 5.41) is 12.1. The predicted molar refractivity (Wildman–Crippen MR) is 78.1 cm³/mol. The quantitative estimate of drug-likeness (QED) is 0.730. The third-order valence-electron chi connectivity index (χ3n) is 4.05. The summed E-state index contributed by atoms with van der Waals surface area (Å²) in [6.45, 7) is 5.88. The number of carbonyl (C=O) groups is 1. The molecule has 0 aliphatic carbocycles. The number of hydrogen-bond donors (Lipinski definition) is 1. The molecule has 114 valence electrons. The molecule has 2 unspecified atom stereocenters. The smallest absolute Gasteiger partial charge is 0.222 e. The summed E-state index contributed by atoms with van der Waals surface area (Å²) in [5.74, 6) is 1.13. The van der Waals surface area contributed by atoms with Crippen molar-refractivity contribution >= 4 is 5.91 Å². The summed E-state index contributed by atoms with van der Waals surface area (Å²) >= 11 is 0. The van der Waals surface area contributed by atoms with Crippen LogP contribution in [0, 0.1) is 23.2 Å². The second-order valence-corrected chi connectivity index (χ2v) is 5.57. The number of ether oxygens (including phenoxy) is 1. The lowest BCUT2D eigenvalue weighted by atomic mass is 9.85. The molecule has 2 atom stereocenters. The van der Waals surface area contributed by atoms with Crippen LogP contribution in [0.4, 0.5) is 0 Å². The molecule has 0 saturated carbocycles. The highest BCUT2D eigenvalue weighted by atomic mass is 16.5. The number of piperidine rings is 1. The van der Waals surface area contributed by atoms with Crippen LogP contribution in [0.15, 0.2) is 0 Å². The highest BCUT2D eigenvalue weighted by molar-refractivity contribution is 5.76. The number of nitriles is 1. The molecule has 0 aromatic carbocycles. The van der Waals surface area contributed by atoms with E-state index < -0.39 is 0 Å². The van der Waals surface area contributed by atoms with Crippen molar-refractivity contribution in [2.45, 2.75) is 32.6 Å². The number of nitrogens with one attached hydrogen (secondary N) is 1. The van der Waals surface area contributed by atoms with Crippen LogP contribution in [-0.2, 0) is 9.53 Å². The fourth-order valence-corrected chi connectivity index (χ4v) is 2.68. The van der Waals surface area contributed by atoms with Gasteiger partial charge in [-0.05, 0) is 37.8 Å². The first-order chi connectivity index (χ1) is 9.69. The zero-order chi connectivity index (χ0) is 14.8. The molecule has 0 spiro atoms. The van der Waals surface area contributed by atoms with Crippen LogP contribution >= 0.6 is 0 Å². The predicted octanol–water partition coefficient (Wildman–Crippen LogP) is 1.40. The number of methoxy groups -OCH3 is 1. The van der Waals surface area contributed by atoms with Gasteiger partial charge < -0.3 is 15.0 Å². The summed E-state index contributed by atoms with van der Waals surface area (Å²) in [7, 11) is 1.63. The Balaban J connectivity index is 2.44. The highest BCUT2D eigenvalue weighted by Gasteiger charge is 2.24. The number of carbonyl (C=O) groups excluding carboxylic acids is 1. The van der Waals surface area contributed by atoms with Crippen molar-refractivity contribution in [1.82, 2.24) is 10.2 Å². The van der Waals surface area contributed by atoms with Gasteiger partial charge in [0.2, 0.25) is 5.91 Å². The minimum Gasteiger partial charge on any atom is -0.383 e. The molecular formula is C15H27N3O2. The summed E-state index contributed by atoms with van der Waals surface area (Å²) in [4.78, 5) is 14.1. The van der Waals surface area contributed by atoms with Crippen LogP contribution in [0.2, 0.25) is 0 Å². The molecule has 1 amide bonds. The third kappa shape index (κ3) is 5.89. The monoisotopic (exact) mass is 281 g/mol. The molecule has 0 bridgehead atoms. The SMILES string of the molecule is COCCN(CCC#N)C(=O)CC(C)C1CCCNC1. The molecule has 5 nitrogen and oxygen atoms in total. The second-order valence-electron chi connectivity index (χ2n) is 5.57. The molecule has 0 radical (unpaired) electrons. The van der Waals surface area contributed by atoms with Gasteiger partial charge in [-0.15, -0.1) is 0 Å². The average Bonchev–Trinajstić information content (AvgIpc) is 2.48. The molecule has 1 N–H and O–H groups in total. The summed E-state index contributed by atoms with van der Waals surface area (Å²) in [6, 6.07) is 2.10. The van der Waals surface area contributed by atoms with Crippen molar-refractivity contribution in [3.63, 3.8) is 0 Å². The van der Waals surface area contributed by atoms with Crippen LogP contribution in [0.25, 0.3) is 0 Å². The van der Waals surface area contributed by atoms with E-state index in [1.807, 2.05) is 0 Å². The van der Waals surface area contributed by atoms with Gasteiger partial charge in [0, 0.05) is 26.6 Å². The average molecular weight is 281 g/mol. The lowest BCUT2D eigenvalue weighted by Gasteiger charge is -2.30. The number of nitrogens with zero attached hydrogens (tertiary/aromatic N) is 2. The number of rotatable bonds is 8. The first-order valence-corrected chi connectivity index (χ1v) is 7.53. The summed E-state index contributed by atoms with van der Waals surface area (Å²) in [6.07, 6.45) is 3.36. The standard InChI is InChI=1S/C15H27N3O2/c1-13(14-5-3-7-17-12-14)11-15(19)18(8-4-6-16)9-10-20-2/h13-14,17H,3-5,7-12H2,1-2H3. The molecule has 1 aliphatic heterocycles. The fourth-order valence-electron chi connectivity index (χ4n) is 2.68. The van der Waals surface area contributed by atoms with Crippen molar-refractivity contribution in [2.24, 2.45) is 11.8 Å². The van der Waals surface area contributed by atoms with Gasteiger partial charge in [-0.25, -0.2) is 0 Å². The van der Waals surface area contributed by atoms with Crippen LogP contribution in [0.1, 0.15) is 32.6 Å². The topological polar surface area (TPSA) is 65.4 Å². The summed E-state index contributed by atoms with van der Waals surface area (Å²) < 4.78 is 5.04. The van der Waals surface area contributed by atoms with E-state index in [2.05, 4.69) is 18.3 Å². The van der Waals surface area contributed by atoms with E-state index in [-0.39, 0.29) is 5.91 Å². The van der Waals surface area contributed by atoms with Crippen molar-refractivity contribution in [2.75, 3.05) is 39.9 Å². The van der Waals surface area contributed by atoms with Gasteiger partial charge in [0.25, 0.3) is 0 Å². The zero-order valence-corrected chi connectivity index (χ0v) is 12.7. The third-order valence-corrected chi connectivity index (χ3v) is 4.05. The Hall–Kier alpha value is -1.12. The van der Waals surface area contributed by atoms with Crippen molar-refractivity contribution in [3.05, 3.63) is 0 Å². The maximum Gasteiger partial charge on any atom is 0.222 e. The lowest BCUT2D eigenvalue weighted by molar-refractivity contribution is -0.133. The molecule has 20 heavy (non-hydrogen) atoms. The Morgan fingerprint density at radius 1 is 1.55 bits per heavy atom. The van der Waals surface area contributed by atoms with E-state index in [4.69, 9.17) is 10.00 Å². The van der Waals surface area contributed by atoms with E-state index in [9.17, 15) is 4.79 Å². The Labute approximate surface area is 122 Å². The Kier molecular flexibility index (Phi) is 8.24. The van der Waals surface area contributed by atoms with E-state index >= 15 is 0 Å². The molecule has 1 heterocycles. The van der Waals surface area contributed by atoms with Gasteiger partial charge in [0.15, 0.2) is 0 Å². The largest absolute Gasteiger partial charge is 0.383 e. The van der Waals surface area contributed by atoms with Gasteiger partial charge in [-0.2, -0.15) is 5.26 Å². The van der Waals surface area contributed by atoms with Gasteiger partial charge >= 0.3 is 0 Å². The Morgan fingerprint density at radius 2 is 2.35 bits per heavy atom. The molecule has 0 aromatic heterocycles. The second kappa shape index (κ2) is 9.73. The number of hydrogen-bond acceptors (Lipinski definition) is 4. The maximum atomic E-state index is 12.3. The Morgan fingerprint density at radius 3 is 2.95 bits per heavy atom. The van der Waals surface area contributed by atoms with Crippen LogP contribution in [-0.4, -0.2) is 50.7 Å². The first-order valence-electron chi connectivity index (χ1n) is 7.53. The molecule has 5 heteroatoms. The normalized spacial score (nSPS) is 20.1. The van der Waals surface area contributed by atoms with E-state index in [0.717, 1.165) is 13.1 Å². The van der Waals surface area contributed by atoms with Crippen LogP contribution < -0.4 is 5.32 Å². The summed E-state index contributed by atoms with van der Waals surface area (Å²) in [5.41, 5.74) is 0. The number of amides is 1. The maximum absolute atomic E-state index is 12.3. The molecule has 0 aromatic rings. The molecule has 1 saturated heterocycles. The molecule has 1 rings (SSSR count). The van der Waals surface area contributed by atoms with Gasteiger partial charge in [-0.1, -0.05) is 6.92 Å². The van der Waals surface area contributed by atoms with E-state index in [0.29, 0.717) is 44.4 Å². The van der Waals surface area contributed by atoms with Gasteiger partial charge in [0.1, 0.15) is 0 Å². The van der Waals surface area contributed by atoms with E-state index in [1.54, 1.807) is 12.0 Å². The van der Waals surface area contributed by atoms with E-state index in [1.165, 1.54) is 12.8 Å². The first kappa shape index (κ1) is 16.9. The van der Waals surface area contributed by atoms with Crippen molar-refractivity contribution in [1.29, 1.82) is 5.26 Å². The molecule has 1 aliphatic rings. The highest BCUT2D eigenvalue weighted by Crippen LogP contribution is 2.23. The molecule has 1 fully saturated rings. The molecular weight excluding hydrogens is 254 g/mol. The fraction of sp³-hybridized carbons (Fsp3) is 0.867. The minimum absolute atomic E-state index is 0.148.